The highest BCUT2D eigenvalue weighted by molar-refractivity contribution is 8.77. The average Bonchev–Trinajstić information content (AvgIpc) is 1.88. The number of carboxylic acid groups (broad SMARTS) is 1. The molecule has 0 aromatic rings. The first-order valence-corrected chi connectivity index (χ1v) is 5.28. The maximum Gasteiger partial charge on any atom is 0.317 e. The number of carboxylic acids is 1. The summed E-state index contributed by atoms with van der Waals surface area (Å²) in [6.07, 6.45) is 0. The minimum absolute atomic E-state index is 0.337. The summed E-state index contributed by atoms with van der Waals surface area (Å²) in [5.74, 6) is 0.0389. The predicted molar refractivity (Wildman–Crippen MR) is 46.2 cm³/mol. The summed E-state index contributed by atoms with van der Waals surface area (Å²) < 4.78 is 0. The highest BCUT2D eigenvalue weighted by atomic mass is 33.1. The van der Waals surface area contributed by atoms with Crippen molar-refractivity contribution in [1.29, 1.82) is 0 Å². The van der Waals surface area contributed by atoms with Crippen LogP contribution in [0.25, 0.3) is 0 Å². The Morgan fingerprint density at radius 1 is 1.80 bits per heavy atom. The van der Waals surface area contributed by atoms with Gasteiger partial charge in [0.2, 0.25) is 0 Å². The van der Waals surface area contributed by atoms with Gasteiger partial charge in [0.25, 0.3) is 0 Å². The topological polar surface area (TPSA) is 63.3 Å². The first-order valence-electron chi connectivity index (χ1n) is 2.89. The Labute approximate surface area is 68.1 Å². The lowest BCUT2D eigenvalue weighted by molar-refractivity contribution is -0.136. The van der Waals surface area contributed by atoms with E-state index in [1.165, 1.54) is 21.6 Å². The van der Waals surface area contributed by atoms with Crippen LogP contribution >= 0.6 is 21.6 Å². The first kappa shape index (κ1) is 10.1. The molecule has 60 valence electrons. The molecule has 0 bridgehead atoms. The van der Waals surface area contributed by atoms with Gasteiger partial charge in [-0.2, -0.15) is 0 Å². The van der Waals surface area contributed by atoms with Gasteiger partial charge in [0.05, 0.1) is 0 Å². The molecule has 0 aliphatic carbocycles. The van der Waals surface area contributed by atoms with Crippen molar-refractivity contribution in [2.45, 2.75) is 12.2 Å². The predicted octanol–water partition coefficient (Wildman–Crippen LogP) is 0.800. The molecule has 0 aromatic heterocycles. The Morgan fingerprint density at radius 2 is 2.40 bits per heavy atom. The van der Waals surface area contributed by atoms with E-state index >= 15 is 0 Å². The van der Waals surface area contributed by atoms with E-state index in [1.54, 1.807) is 6.92 Å². The van der Waals surface area contributed by atoms with Gasteiger partial charge in [-0.1, -0.05) is 21.6 Å². The van der Waals surface area contributed by atoms with E-state index in [1.807, 2.05) is 0 Å². The third-order valence-electron chi connectivity index (χ3n) is 0.761. The van der Waals surface area contributed by atoms with Gasteiger partial charge >= 0.3 is 5.97 Å². The molecular weight excluding hydrogens is 170 g/mol. The average molecular weight is 181 g/mol. The fraction of sp³-hybridized carbons (Fsp3) is 0.800. The van der Waals surface area contributed by atoms with Crippen molar-refractivity contribution in [3.63, 3.8) is 0 Å². The second-order valence-corrected chi connectivity index (χ2v) is 4.52. The molecule has 5 heteroatoms. The fourth-order valence-electron chi connectivity index (χ4n) is 0.239. The summed E-state index contributed by atoms with van der Waals surface area (Å²) >= 11 is 0. The molecule has 3 N–H and O–H groups in total. The monoisotopic (exact) mass is 181 g/mol. The number of hydrogen-bond donors (Lipinski definition) is 2. The fourth-order valence-corrected chi connectivity index (χ4v) is 2.16. The largest absolute Gasteiger partial charge is 0.480 e. The zero-order valence-corrected chi connectivity index (χ0v) is 7.37. The molecule has 0 radical (unpaired) electrons. The van der Waals surface area contributed by atoms with Crippen molar-refractivity contribution in [2.24, 2.45) is 5.73 Å². The molecule has 0 saturated heterocycles. The van der Waals surface area contributed by atoms with E-state index in [0.29, 0.717) is 6.54 Å². The van der Waals surface area contributed by atoms with Gasteiger partial charge in [0, 0.05) is 12.3 Å². The highest BCUT2D eigenvalue weighted by Crippen LogP contribution is 2.25. The molecule has 0 spiro atoms. The Kier molecular flexibility index (Phi) is 5.96. The molecule has 0 aromatic carbocycles. The molecular formula is C5H11NO2S2. The lowest BCUT2D eigenvalue weighted by Gasteiger charge is -2.02. The quantitative estimate of drug-likeness (QED) is 0.485. The molecule has 0 aliphatic heterocycles. The van der Waals surface area contributed by atoms with Crippen LogP contribution in [0, 0.1) is 0 Å². The van der Waals surface area contributed by atoms with Crippen LogP contribution in [0.3, 0.4) is 0 Å². The van der Waals surface area contributed by atoms with E-state index in [0.717, 1.165) is 5.75 Å². The van der Waals surface area contributed by atoms with Gasteiger partial charge in [-0.15, -0.1) is 0 Å². The lowest BCUT2D eigenvalue weighted by Crippen LogP contribution is -2.10. The summed E-state index contributed by atoms with van der Waals surface area (Å²) in [6.45, 7) is 2.26. The molecule has 0 aliphatic rings. The SMILES string of the molecule is CC(SSCCN)C(=O)O. The molecule has 1 unspecified atom stereocenters. The normalized spacial score (nSPS) is 13.0. The van der Waals surface area contributed by atoms with Gasteiger partial charge in [0.1, 0.15) is 5.25 Å². The van der Waals surface area contributed by atoms with Gasteiger partial charge in [-0.3, -0.25) is 4.79 Å². The third-order valence-corrected chi connectivity index (χ3v) is 3.56. The van der Waals surface area contributed by atoms with Crippen molar-refractivity contribution in [1.82, 2.24) is 0 Å². The summed E-state index contributed by atoms with van der Waals surface area (Å²) in [4.78, 5) is 10.2. The lowest BCUT2D eigenvalue weighted by atomic mass is 10.5. The van der Waals surface area contributed by atoms with Gasteiger partial charge in [-0.05, 0) is 6.92 Å². The second kappa shape index (κ2) is 5.88. The van der Waals surface area contributed by atoms with E-state index < -0.39 is 5.97 Å². The van der Waals surface area contributed by atoms with Crippen molar-refractivity contribution in [3.05, 3.63) is 0 Å². The number of carbonyl (C=O) groups is 1. The minimum atomic E-state index is -0.769. The Balaban J connectivity index is 3.21. The van der Waals surface area contributed by atoms with Crippen LogP contribution in [0.2, 0.25) is 0 Å². The molecule has 0 heterocycles. The molecule has 0 saturated carbocycles. The zero-order valence-electron chi connectivity index (χ0n) is 5.74. The number of aliphatic carboxylic acids is 1. The Bertz CT molecular complexity index is 110. The number of hydrogen-bond acceptors (Lipinski definition) is 4. The molecule has 10 heavy (non-hydrogen) atoms. The molecule has 3 nitrogen and oxygen atoms in total. The second-order valence-electron chi connectivity index (χ2n) is 1.69. The van der Waals surface area contributed by atoms with Crippen LogP contribution in [-0.4, -0.2) is 28.6 Å². The summed E-state index contributed by atoms with van der Waals surface area (Å²) in [7, 11) is 2.85. The molecule has 0 amide bonds. The Morgan fingerprint density at radius 3 is 2.80 bits per heavy atom. The van der Waals surface area contributed by atoms with Gasteiger partial charge < -0.3 is 10.8 Å². The van der Waals surface area contributed by atoms with E-state index in [4.69, 9.17) is 10.8 Å². The smallest absolute Gasteiger partial charge is 0.317 e. The van der Waals surface area contributed by atoms with Crippen LogP contribution in [0.1, 0.15) is 6.92 Å². The van der Waals surface area contributed by atoms with Gasteiger partial charge in [-0.25, -0.2) is 0 Å². The van der Waals surface area contributed by atoms with Gasteiger partial charge in [0.15, 0.2) is 0 Å². The maximum absolute atomic E-state index is 10.2. The van der Waals surface area contributed by atoms with E-state index in [-0.39, 0.29) is 5.25 Å². The number of rotatable bonds is 5. The minimum Gasteiger partial charge on any atom is -0.480 e. The summed E-state index contributed by atoms with van der Waals surface area (Å²) in [5, 5.41) is 8.08. The molecule has 0 fully saturated rings. The zero-order chi connectivity index (χ0) is 7.98. The van der Waals surface area contributed by atoms with Crippen LogP contribution in [-0.2, 0) is 4.79 Å². The van der Waals surface area contributed by atoms with Crippen LogP contribution in [0.4, 0.5) is 0 Å². The van der Waals surface area contributed by atoms with Crippen molar-refractivity contribution >= 4 is 27.6 Å². The highest BCUT2D eigenvalue weighted by Gasteiger charge is 2.10. The summed E-state index contributed by atoms with van der Waals surface area (Å²) in [6, 6.07) is 0. The Hall–Kier alpha value is 0.130. The molecule has 1 atom stereocenters. The van der Waals surface area contributed by atoms with Crippen LogP contribution in [0.5, 0.6) is 0 Å². The van der Waals surface area contributed by atoms with E-state index in [9.17, 15) is 4.79 Å². The molecule has 0 rings (SSSR count). The first-order chi connectivity index (χ1) is 4.68. The van der Waals surface area contributed by atoms with Crippen molar-refractivity contribution in [3.8, 4) is 0 Å². The van der Waals surface area contributed by atoms with Crippen molar-refractivity contribution < 1.29 is 9.90 Å². The van der Waals surface area contributed by atoms with Crippen LogP contribution in [0.15, 0.2) is 0 Å². The third kappa shape index (κ3) is 4.96. The van der Waals surface area contributed by atoms with E-state index in [2.05, 4.69) is 0 Å². The summed E-state index contributed by atoms with van der Waals surface area (Å²) in [5.41, 5.74) is 5.21. The van der Waals surface area contributed by atoms with Crippen LogP contribution < -0.4 is 5.73 Å². The number of nitrogens with two attached hydrogens (primary N) is 1. The standard InChI is InChI=1S/C5H11NO2S2/c1-4(5(7)8)10-9-3-2-6/h4H,2-3,6H2,1H3,(H,7,8). The van der Waals surface area contributed by atoms with Crippen molar-refractivity contribution in [2.75, 3.05) is 12.3 Å². The maximum atomic E-state index is 10.2.